The van der Waals surface area contributed by atoms with E-state index in [1.807, 2.05) is 30.5 Å². The molecule has 0 aliphatic heterocycles. The zero-order chi connectivity index (χ0) is 19.1. The van der Waals surface area contributed by atoms with E-state index >= 15 is 0 Å². The van der Waals surface area contributed by atoms with Gasteiger partial charge in [0, 0.05) is 4.90 Å². The number of benzene rings is 1. The number of hydrogen-bond donors (Lipinski definition) is 2. The first-order valence-electron chi connectivity index (χ1n) is 8.70. The molecule has 6 nitrogen and oxygen atoms in total. The van der Waals surface area contributed by atoms with E-state index in [1.54, 1.807) is 11.8 Å². The fourth-order valence-electron chi connectivity index (χ4n) is 3.36. The molecule has 7 heteroatoms. The Bertz CT molecular complexity index is 646. The Morgan fingerprint density at radius 1 is 1.19 bits per heavy atom. The first-order chi connectivity index (χ1) is 12.5. The number of carbonyl (C=O) groups excluding carboxylic acids is 2. The molecule has 0 aromatic heterocycles. The fraction of sp³-hybridized carbons (Fsp3) is 0.526. The normalized spacial score (nSPS) is 20.8. The van der Waals surface area contributed by atoms with Gasteiger partial charge in [-0.05, 0) is 36.8 Å². The van der Waals surface area contributed by atoms with Crippen molar-refractivity contribution in [2.75, 3.05) is 13.4 Å². The van der Waals surface area contributed by atoms with Gasteiger partial charge in [0.1, 0.15) is 0 Å². The van der Waals surface area contributed by atoms with E-state index in [1.165, 1.54) is 7.11 Å². The molecule has 1 aliphatic rings. The van der Waals surface area contributed by atoms with Gasteiger partial charge < -0.3 is 15.2 Å². The first kappa shape index (κ1) is 20.3. The molecule has 0 heterocycles. The molecule has 2 rings (SSSR count). The topological polar surface area (TPSA) is 92.7 Å². The van der Waals surface area contributed by atoms with Gasteiger partial charge in [-0.1, -0.05) is 25.0 Å². The molecule has 1 amide bonds. The molecule has 26 heavy (non-hydrogen) atoms. The SMILES string of the molecule is COC(=O)C[C@H](NC(=O)[C@H]1CCCC[C@H]1C(=O)O)c1ccc(SC)cc1. The first-order valence-corrected chi connectivity index (χ1v) is 9.92. The molecule has 0 unspecified atom stereocenters. The maximum Gasteiger partial charge on any atom is 0.307 e. The Labute approximate surface area is 157 Å². The lowest BCUT2D eigenvalue weighted by molar-refractivity contribution is -0.149. The molecule has 1 saturated carbocycles. The number of ether oxygens (including phenoxy) is 1. The van der Waals surface area contributed by atoms with Crippen molar-refractivity contribution in [1.29, 1.82) is 0 Å². The third-order valence-corrected chi connectivity index (χ3v) is 5.60. The monoisotopic (exact) mass is 379 g/mol. The van der Waals surface area contributed by atoms with E-state index in [4.69, 9.17) is 4.74 Å². The fourth-order valence-corrected chi connectivity index (χ4v) is 3.77. The maximum absolute atomic E-state index is 12.8. The Kier molecular flexibility index (Phi) is 7.50. The molecule has 1 fully saturated rings. The van der Waals surface area contributed by atoms with Crippen molar-refractivity contribution in [3.05, 3.63) is 29.8 Å². The number of nitrogens with one attached hydrogen (secondary N) is 1. The highest BCUT2D eigenvalue weighted by Crippen LogP contribution is 2.31. The molecule has 1 aromatic rings. The summed E-state index contributed by atoms with van der Waals surface area (Å²) in [5.74, 6) is -2.89. The average Bonchev–Trinajstić information content (AvgIpc) is 2.67. The third-order valence-electron chi connectivity index (χ3n) is 4.85. The second-order valence-corrected chi connectivity index (χ2v) is 7.33. The molecule has 2 N–H and O–H groups in total. The van der Waals surface area contributed by atoms with Gasteiger partial charge in [-0.2, -0.15) is 0 Å². The number of rotatable bonds is 7. The highest BCUT2D eigenvalue weighted by atomic mass is 32.2. The van der Waals surface area contributed by atoms with Gasteiger partial charge in [-0.15, -0.1) is 11.8 Å². The second kappa shape index (κ2) is 9.62. The Balaban J connectivity index is 2.17. The van der Waals surface area contributed by atoms with Gasteiger partial charge in [0.25, 0.3) is 0 Å². The minimum Gasteiger partial charge on any atom is -0.481 e. The van der Waals surface area contributed by atoms with Crippen LogP contribution < -0.4 is 5.32 Å². The van der Waals surface area contributed by atoms with E-state index in [2.05, 4.69) is 5.32 Å². The quantitative estimate of drug-likeness (QED) is 0.559. The largest absolute Gasteiger partial charge is 0.481 e. The smallest absolute Gasteiger partial charge is 0.307 e. The van der Waals surface area contributed by atoms with Crippen LogP contribution in [-0.2, 0) is 19.1 Å². The Morgan fingerprint density at radius 3 is 2.35 bits per heavy atom. The lowest BCUT2D eigenvalue weighted by Crippen LogP contribution is -2.41. The summed E-state index contributed by atoms with van der Waals surface area (Å²) in [5.41, 5.74) is 0.796. The Morgan fingerprint density at radius 2 is 1.81 bits per heavy atom. The summed E-state index contributed by atoms with van der Waals surface area (Å²) < 4.78 is 4.75. The van der Waals surface area contributed by atoms with Crippen LogP contribution >= 0.6 is 11.8 Å². The number of methoxy groups -OCH3 is 1. The number of hydrogen-bond acceptors (Lipinski definition) is 5. The van der Waals surface area contributed by atoms with Crippen molar-refractivity contribution in [1.82, 2.24) is 5.32 Å². The molecule has 0 bridgehead atoms. The zero-order valence-electron chi connectivity index (χ0n) is 15.1. The van der Waals surface area contributed by atoms with E-state index in [-0.39, 0.29) is 12.3 Å². The highest BCUT2D eigenvalue weighted by Gasteiger charge is 2.36. The minimum atomic E-state index is -0.932. The predicted molar refractivity (Wildman–Crippen MR) is 98.8 cm³/mol. The number of aliphatic carboxylic acids is 1. The number of thioether (sulfide) groups is 1. The third kappa shape index (κ3) is 5.24. The van der Waals surface area contributed by atoms with Crippen LogP contribution in [0.4, 0.5) is 0 Å². The standard InChI is InChI=1S/C19H25NO5S/c1-25-17(21)11-16(12-7-9-13(26-2)10-8-12)20-18(22)14-5-3-4-6-15(14)19(23)24/h7-10,14-16H,3-6,11H2,1-2H3,(H,20,22)(H,23,24)/t14-,15+,16-/m0/s1. The maximum atomic E-state index is 12.8. The van der Waals surface area contributed by atoms with Crippen LogP contribution in [0.5, 0.6) is 0 Å². The molecule has 1 aliphatic carbocycles. The van der Waals surface area contributed by atoms with Crippen LogP contribution in [-0.4, -0.2) is 36.3 Å². The summed E-state index contributed by atoms with van der Waals surface area (Å²) in [5, 5.41) is 12.3. The molecular formula is C19H25NO5S. The van der Waals surface area contributed by atoms with Crippen LogP contribution in [0, 0.1) is 11.8 Å². The predicted octanol–water partition coefficient (Wildman–Crippen LogP) is 3.02. The van der Waals surface area contributed by atoms with Gasteiger partial charge >= 0.3 is 11.9 Å². The lowest BCUT2D eigenvalue weighted by Gasteiger charge is -2.29. The van der Waals surface area contributed by atoms with E-state index in [9.17, 15) is 19.5 Å². The molecule has 3 atom stereocenters. The van der Waals surface area contributed by atoms with Crippen LogP contribution in [0.25, 0.3) is 0 Å². The highest BCUT2D eigenvalue weighted by molar-refractivity contribution is 7.98. The van der Waals surface area contributed by atoms with Crippen molar-refractivity contribution < 1.29 is 24.2 Å². The minimum absolute atomic E-state index is 0.00527. The van der Waals surface area contributed by atoms with Crippen molar-refractivity contribution in [2.45, 2.75) is 43.0 Å². The molecular weight excluding hydrogens is 354 g/mol. The van der Waals surface area contributed by atoms with Crippen LogP contribution in [0.15, 0.2) is 29.2 Å². The summed E-state index contributed by atoms with van der Waals surface area (Å²) in [7, 11) is 1.31. The van der Waals surface area contributed by atoms with E-state index < -0.39 is 29.8 Å². The van der Waals surface area contributed by atoms with E-state index in [0.717, 1.165) is 23.3 Å². The van der Waals surface area contributed by atoms with Crippen molar-refractivity contribution in [3.8, 4) is 0 Å². The summed E-state index contributed by atoms with van der Waals surface area (Å²) in [6.45, 7) is 0. The zero-order valence-corrected chi connectivity index (χ0v) is 15.9. The molecule has 142 valence electrons. The summed E-state index contributed by atoms with van der Waals surface area (Å²) >= 11 is 1.60. The van der Waals surface area contributed by atoms with Gasteiger partial charge in [0.05, 0.1) is 31.4 Å². The van der Waals surface area contributed by atoms with Gasteiger partial charge in [0.2, 0.25) is 5.91 Å². The second-order valence-electron chi connectivity index (χ2n) is 6.45. The van der Waals surface area contributed by atoms with Crippen LogP contribution in [0.2, 0.25) is 0 Å². The number of carboxylic acids is 1. The Hall–Kier alpha value is -2.02. The van der Waals surface area contributed by atoms with Gasteiger partial charge in [-0.3, -0.25) is 14.4 Å². The van der Waals surface area contributed by atoms with Gasteiger partial charge in [-0.25, -0.2) is 0 Å². The summed E-state index contributed by atoms with van der Waals surface area (Å²) in [4.78, 5) is 37.1. The van der Waals surface area contributed by atoms with Crippen LogP contribution in [0.1, 0.15) is 43.7 Å². The average molecular weight is 379 g/mol. The molecule has 0 radical (unpaired) electrons. The van der Waals surface area contributed by atoms with Crippen molar-refractivity contribution in [2.24, 2.45) is 11.8 Å². The van der Waals surface area contributed by atoms with E-state index in [0.29, 0.717) is 12.8 Å². The number of esters is 1. The van der Waals surface area contributed by atoms with Crippen LogP contribution in [0.3, 0.4) is 0 Å². The lowest BCUT2D eigenvalue weighted by atomic mass is 9.78. The molecule has 1 aromatic carbocycles. The molecule has 0 spiro atoms. The summed E-state index contributed by atoms with van der Waals surface area (Å²) in [6.07, 6.45) is 4.70. The van der Waals surface area contributed by atoms with Crippen molar-refractivity contribution >= 4 is 29.6 Å². The van der Waals surface area contributed by atoms with Gasteiger partial charge in [0.15, 0.2) is 0 Å². The number of amides is 1. The van der Waals surface area contributed by atoms with Crippen molar-refractivity contribution in [3.63, 3.8) is 0 Å². The molecule has 0 saturated heterocycles. The number of carboxylic acid groups (broad SMARTS) is 1. The number of carbonyl (C=O) groups is 3. The summed E-state index contributed by atoms with van der Waals surface area (Å²) in [6, 6.07) is 7.06.